The van der Waals surface area contributed by atoms with Crippen LogP contribution in [0.25, 0.3) is 78.5 Å². The smallest absolute Gasteiger partial charge is 0.265 e. The lowest BCUT2D eigenvalue weighted by Crippen LogP contribution is -2.45. The van der Waals surface area contributed by atoms with E-state index < -0.39 is 5.54 Å². The van der Waals surface area contributed by atoms with Gasteiger partial charge in [-0.25, -0.2) is 44.1 Å². The molecule has 0 amide bonds. The van der Waals surface area contributed by atoms with Gasteiger partial charge in [0.2, 0.25) is 18.2 Å². The van der Waals surface area contributed by atoms with E-state index >= 15 is 0 Å². The Balaban J connectivity index is 1.02. The summed E-state index contributed by atoms with van der Waals surface area (Å²) >= 11 is 0. The highest BCUT2D eigenvalue weighted by Crippen LogP contribution is 2.39. The van der Waals surface area contributed by atoms with E-state index in [0.29, 0.717) is 19.8 Å². The minimum atomic E-state index is -0.570. The molecule has 10 aromatic rings. The highest BCUT2D eigenvalue weighted by Gasteiger charge is 2.33. The summed E-state index contributed by atoms with van der Waals surface area (Å²) in [6.07, 6.45) is 15.4. The quantitative estimate of drug-likeness (QED) is 0.100. The second-order valence-corrected chi connectivity index (χ2v) is 19.8. The number of imidazole rings is 2. The zero-order chi connectivity index (χ0) is 49.0. The average molecular weight is 947 g/mol. The van der Waals surface area contributed by atoms with E-state index in [1.54, 1.807) is 37.4 Å². The molecular weight excluding hydrogens is 891 g/mol. The molecule has 0 radical (unpaired) electrons. The van der Waals surface area contributed by atoms with E-state index in [9.17, 15) is 0 Å². The minimum Gasteiger partial charge on any atom is -0.377 e. The van der Waals surface area contributed by atoms with Gasteiger partial charge in [0, 0.05) is 65.3 Å². The summed E-state index contributed by atoms with van der Waals surface area (Å²) < 4.78 is 16.5. The van der Waals surface area contributed by atoms with Crippen molar-refractivity contribution in [3.8, 4) is 56.4 Å². The molecule has 0 bridgehead atoms. The van der Waals surface area contributed by atoms with Crippen LogP contribution in [0.5, 0.6) is 0 Å². The molecule has 0 saturated carbocycles. The van der Waals surface area contributed by atoms with Crippen LogP contribution in [0.15, 0.2) is 123 Å². The predicted octanol–water partition coefficient (Wildman–Crippen LogP) is 7.78. The third-order valence-corrected chi connectivity index (χ3v) is 13.1. The Morgan fingerprint density at radius 3 is 1.79 bits per heavy atom. The standard InChI is InChI=1S/C53H56N17O/c1-7-71-28-35-10-14-45(41(20-35)48-63-42-21-36(38-23-57-50(54)58-24-38)11-15-46(42)69(48)52(2,3)4)68-33-66(32-62-68)29-53(5,6)70-47-16-12-37(39-25-59-51(55)60-26-39)22-43(47)64-49(70)40-19-34(27-65-17-8-18-65)9-13-44(40)67-31-56-30-61-67/h9-16,19-26,30-33H,7-8,17-18,27-29H2,1-6H3,(H2,54,57,58)(H2,55,59,60)/q+1. The lowest BCUT2D eigenvalue weighted by Gasteiger charge is -2.31. The van der Waals surface area contributed by atoms with Crippen molar-refractivity contribution in [2.24, 2.45) is 0 Å². The van der Waals surface area contributed by atoms with Crippen LogP contribution < -0.4 is 16.0 Å². The molecule has 1 saturated heterocycles. The van der Waals surface area contributed by atoms with Crippen LogP contribution in [0.4, 0.5) is 11.9 Å². The van der Waals surface area contributed by atoms with Gasteiger partial charge in [-0.1, -0.05) is 28.9 Å². The van der Waals surface area contributed by atoms with E-state index in [-0.39, 0.29) is 17.4 Å². The number of anilines is 2. The molecule has 1 aliphatic rings. The number of nitrogens with zero attached hydrogens (tertiary/aromatic N) is 15. The second-order valence-electron chi connectivity index (χ2n) is 19.8. The number of fused-ring (bicyclic) bond motifs is 2. The van der Waals surface area contributed by atoms with Crippen LogP contribution in [0.1, 0.15) is 59.1 Å². The van der Waals surface area contributed by atoms with Crippen LogP contribution in [0, 0.1) is 0 Å². The number of nitrogens with two attached hydrogens (primary N) is 2. The monoisotopic (exact) mass is 946 g/mol. The van der Waals surface area contributed by atoms with Crippen LogP contribution in [0.2, 0.25) is 0 Å². The number of benzene rings is 4. The third kappa shape index (κ3) is 8.76. The number of hydrogen-bond donors (Lipinski definition) is 2. The van der Waals surface area contributed by atoms with E-state index in [1.807, 2.05) is 22.6 Å². The van der Waals surface area contributed by atoms with Gasteiger partial charge < -0.3 is 25.3 Å². The molecule has 1 fully saturated rings. The van der Waals surface area contributed by atoms with Gasteiger partial charge in [-0.15, -0.1) is 0 Å². The zero-order valence-corrected chi connectivity index (χ0v) is 40.8. The van der Waals surface area contributed by atoms with Gasteiger partial charge >= 0.3 is 0 Å². The van der Waals surface area contributed by atoms with Gasteiger partial charge in [0.1, 0.15) is 24.3 Å². The molecule has 1 aliphatic heterocycles. The Morgan fingerprint density at radius 1 is 0.648 bits per heavy atom. The molecule has 0 aliphatic carbocycles. The maximum absolute atomic E-state index is 5.94. The average Bonchev–Trinajstić information content (AvgIpc) is 4.18. The molecule has 4 N–H and O–H groups in total. The van der Waals surface area contributed by atoms with Gasteiger partial charge in [-0.3, -0.25) is 4.90 Å². The summed E-state index contributed by atoms with van der Waals surface area (Å²) in [5.41, 5.74) is 23.9. The van der Waals surface area contributed by atoms with Crippen molar-refractivity contribution in [2.45, 2.75) is 78.7 Å². The molecule has 0 spiro atoms. The number of likely N-dealkylation sites (tertiary alicyclic amines) is 1. The van der Waals surface area contributed by atoms with Crippen molar-refractivity contribution < 1.29 is 9.30 Å². The first kappa shape index (κ1) is 45.2. The van der Waals surface area contributed by atoms with E-state index in [0.717, 1.165) is 104 Å². The van der Waals surface area contributed by atoms with E-state index in [2.05, 4.69) is 162 Å². The Labute approximate surface area is 410 Å². The van der Waals surface area contributed by atoms with Gasteiger partial charge in [-0.2, -0.15) is 5.10 Å². The van der Waals surface area contributed by atoms with Crippen LogP contribution >= 0.6 is 0 Å². The molecule has 6 aromatic heterocycles. The van der Waals surface area contributed by atoms with Crippen LogP contribution in [0.3, 0.4) is 0 Å². The molecular formula is C53H56N17O+. The fourth-order valence-corrected chi connectivity index (χ4v) is 9.66. The Hall–Kier alpha value is -8.22. The molecule has 0 unspecified atom stereocenters. The van der Waals surface area contributed by atoms with Gasteiger partial charge in [-0.05, 0) is 132 Å². The van der Waals surface area contributed by atoms with Crippen molar-refractivity contribution in [1.82, 2.24) is 68.5 Å². The van der Waals surface area contributed by atoms with Crippen LogP contribution in [-0.2, 0) is 35.5 Å². The summed E-state index contributed by atoms with van der Waals surface area (Å²) in [5, 5.41) is 9.64. The lowest BCUT2D eigenvalue weighted by molar-refractivity contribution is -0.707. The lowest BCUT2D eigenvalue weighted by atomic mass is 10.0. The molecule has 0 atom stereocenters. The molecule has 7 heterocycles. The number of nitrogen functional groups attached to an aromatic ring is 2. The second kappa shape index (κ2) is 17.9. The predicted molar refractivity (Wildman–Crippen MR) is 273 cm³/mol. The highest BCUT2D eigenvalue weighted by molar-refractivity contribution is 5.88. The summed E-state index contributed by atoms with van der Waals surface area (Å²) in [6.45, 7) is 17.7. The number of aromatic nitrogens is 14. The Morgan fingerprint density at radius 2 is 1.23 bits per heavy atom. The largest absolute Gasteiger partial charge is 0.377 e. The summed E-state index contributed by atoms with van der Waals surface area (Å²) in [5.74, 6) is 2.07. The summed E-state index contributed by atoms with van der Waals surface area (Å²) in [7, 11) is 0. The van der Waals surface area contributed by atoms with E-state index in [4.69, 9.17) is 31.3 Å². The SMILES string of the molecule is CCOCc1ccc(-n2c[n+](CC(C)(C)n3c(-c4cc(CN5CCC5)ccc4-n4cncn4)nc4cc(-c5cnc(N)nc5)ccc43)cn2)c(-c2nc3cc(-c4cnc(N)nc4)ccc3n2C(C)(C)C)c1. The maximum atomic E-state index is 5.94. The Bertz CT molecular complexity index is 3540. The fraction of sp³-hybridized carbons (Fsp3) is 0.283. The minimum absolute atomic E-state index is 0.225. The Kier molecular flexibility index (Phi) is 11.4. The molecule has 358 valence electrons. The first-order valence-electron chi connectivity index (χ1n) is 23.9. The molecule has 11 rings (SSSR count). The maximum Gasteiger partial charge on any atom is 0.265 e. The fourth-order valence-electron chi connectivity index (χ4n) is 9.66. The summed E-state index contributed by atoms with van der Waals surface area (Å²) in [4.78, 5) is 34.7. The third-order valence-electron chi connectivity index (χ3n) is 13.1. The van der Waals surface area contributed by atoms with Crippen molar-refractivity contribution in [1.29, 1.82) is 0 Å². The molecule has 71 heavy (non-hydrogen) atoms. The zero-order valence-electron chi connectivity index (χ0n) is 40.8. The first-order chi connectivity index (χ1) is 34.3. The van der Waals surface area contributed by atoms with Gasteiger partial charge in [0.15, 0.2) is 5.69 Å². The van der Waals surface area contributed by atoms with Crippen molar-refractivity contribution in [2.75, 3.05) is 31.2 Å². The molecule has 18 nitrogen and oxygen atoms in total. The van der Waals surface area contributed by atoms with E-state index in [1.165, 1.54) is 12.0 Å². The summed E-state index contributed by atoms with van der Waals surface area (Å²) in [6, 6.07) is 25.6. The molecule has 4 aromatic carbocycles. The normalized spacial score (nSPS) is 13.4. The van der Waals surface area contributed by atoms with Crippen molar-refractivity contribution >= 4 is 34.0 Å². The topological polar surface area (TPSA) is 204 Å². The molecule has 18 heteroatoms. The number of rotatable bonds is 14. The number of hydrogen-bond acceptors (Lipinski definition) is 13. The highest BCUT2D eigenvalue weighted by atomic mass is 16.5. The number of ether oxygens (including phenoxy) is 1. The first-order valence-corrected chi connectivity index (χ1v) is 23.9. The van der Waals surface area contributed by atoms with Gasteiger partial charge in [0.25, 0.3) is 6.33 Å². The van der Waals surface area contributed by atoms with Gasteiger partial charge in [0.05, 0.1) is 52.0 Å². The van der Waals surface area contributed by atoms with Crippen molar-refractivity contribution in [3.63, 3.8) is 0 Å². The van der Waals surface area contributed by atoms with Crippen LogP contribution in [-0.4, -0.2) is 88.2 Å². The van der Waals surface area contributed by atoms with Crippen molar-refractivity contribution in [3.05, 3.63) is 134 Å².